The van der Waals surface area contributed by atoms with Gasteiger partial charge in [0.1, 0.15) is 51.4 Å². The van der Waals surface area contributed by atoms with Crippen LogP contribution in [-0.4, -0.2) is 223 Å². The molecule has 0 radical (unpaired) electrons. The number of phenolic OH excluding ortho intramolecular Hbond substituents is 1. The zero-order chi connectivity index (χ0) is 97.6. The van der Waals surface area contributed by atoms with E-state index in [0.29, 0.717) is 77.2 Å². The Balaban J connectivity index is 0. The van der Waals surface area contributed by atoms with E-state index in [-0.39, 0.29) is 45.2 Å². The zero-order valence-corrected chi connectivity index (χ0v) is 76.3. The number of aliphatic hydroxyl groups excluding tert-OH is 6. The fourth-order valence-corrected chi connectivity index (χ4v) is 11.7. The number of nitrogens with zero attached hydrogens (tertiary/aromatic N) is 3. The van der Waals surface area contributed by atoms with Crippen molar-refractivity contribution in [1.29, 1.82) is 10.5 Å². The van der Waals surface area contributed by atoms with Gasteiger partial charge in [-0.15, -0.1) is 0 Å². The highest BCUT2D eigenvalue weighted by molar-refractivity contribution is 6.14. The zero-order valence-electron chi connectivity index (χ0n) is 76.3. The second kappa shape index (κ2) is 66.6. The van der Waals surface area contributed by atoms with Crippen molar-refractivity contribution in [3.8, 4) is 46.6 Å². The topological polar surface area (TPSA) is 524 Å². The van der Waals surface area contributed by atoms with Gasteiger partial charge in [-0.25, -0.2) is 16.2 Å². The van der Waals surface area contributed by atoms with Crippen LogP contribution in [0.2, 0.25) is 0 Å². The second-order valence-electron chi connectivity index (χ2n) is 29.4. The molecule has 6 aromatic carbocycles. The van der Waals surface area contributed by atoms with Gasteiger partial charge in [0.15, 0.2) is 11.3 Å². The molecule has 0 fully saturated rings. The van der Waals surface area contributed by atoms with Crippen LogP contribution in [0.1, 0.15) is 173 Å². The molecular weight excluding hydrogens is 1690 g/mol. The van der Waals surface area contributed by atoms with E-state index >= 15 is 0 Å². The molecule has 716 valence electrons. The Hall–Kier alpha value is -12.8. The van der Waals surface area contributed by atoms with Crippen molar-refractivity contribution >= 4 is 59.3 Å². The number of rotatable bonds is 46. The largest absolute Gasteiger partial charge is 0.508 e. The molecule has 8 atom stereocenters. The van der Waals surface area contributed by atoms with Crippen LogP contribution in [0.3, 0.4) is 0 Å². The summed E-state index contributed by atoms with van der Waals surface area (Å²) in [4.78, 5) is 115. The number of esters is 4. The van der Waals surface area contributed by atoms with Gasteiger partial charge in [0.05, 0.1) is 107 Å². The number of aliphatic carboxylic acids is 2. The van der Waals surface area contributed by atoms with Gasteiger partial charge >= 0.3 is 42.0 Å². The van der Waals surface area contributed by atoms with E-state index < -0.39 is 120 Å². The van der Waals surface area contributed by atoms with Crippen LogP contribution < -0.4 is 39.6 Å². The number of hydrogen-bond donors (Lipinski definition) is 12. The van der Waals surface area contributed by atoms with Gasteiger partial charge < -0.3 is 99.2 Å². The van der Waals surface area contributed by atoms with Crippen LogP contribution in [0.5, 0.6) is 34.5 Å². The number of Topliss-reactive ketones (excluding diaryl/α,β-unsaturated/α-hetero) is 1. The molecule has 0 saturated carbocycles. The minimum Gasteiger partial charge on any atom is -0.508 e. The molecule has 8 unspecified atom stereocenters. The number of carbonyl (C=O) groups excluding carboxylic acids is 8. The molecule has 0 aromatic heterocycles. The van der Waals surface area contributed by atoms with E-state index in [0.717, 1.165) is 101 Å². The molecule has 0 bridgehead atoms. The first-order valence-electron chi connectivity index (χ1n) is 41.7. The third-order valence-corrected chi connectivity index (χ3v) is 19.6. The highest BCUT2D eigenvalue weighted by Crippen LogP contribution is 2.29. The predicted molar refractivity (Wildman–Crippen MR) is 484 cm³/mol. The van der Waals surface area contributed by atoms with Gasteiger partial charge in [0.2, 0.25) is 17.7 Å². The first-order chi connectivity index (χ1) is 61.3. The minimum absolute atomic E-state index is 0. The standard InChI is InChI=1S/C18H22N2O5.C16H22N2O4.C16H24O5.C15H22O5.C12H16O3.C11H14O3.C7H10N2O3.CH4/c1-4-25-17(23)18(12-19,20-13(2)21)16(22)7-5-6-14-8-10-15(24-3)11-9-14;1-12(20)18-16(10-17,11-19)15(21)5-3-4-13-6-8-14(22-2)9-7-13;1-16(11-17,15(19)21-3)14(18)6-4-5-12-7-9-13(20-2)10-8-12;1-15(10-16,14(18)19)13(17)5-3-4-11-6-8-12(20-2)9-7-11;1-2-15-12(14)5-3-4-10-6-8-11(13)9-7-10;1-14-10-7-5-9(6-8-10)3-2-4-11(12)13;1-4-12-7(11)6(8-3)9-5(2)10;/h8-11H,4-7H2,1-3H3,(H,20,21);6-9,15,19,21H,3-5,11H2,1-2H3,(H,18,20);7-10,14,17-18H,4-6,11H2,1-3H3;6-9,13,16-17H,3-5,10H2,1-2H3,(H,18,19);6-9,13H,2-5H2,1H3;5-8H,2-4H2,1H3,(H,12,13);6H,4H2,1-2H3,(H,9,10);1H4. The monoisotopic (exact) mass is 1820 g/mol. The Morgan fingerprint density at radius 2 is 0.762 bits per heavy atom. The maximum atomic E-state index is 12.5. The molecule has 3 amide bonds. The Morgan fingerprint density at radius 3 is 1.05 bits per heavy atom. The summed E-state index contributed by atoms with van der Waals surface area (Å²) in [7, 11) is 9.27. The van der Waals surface area contributed by atoms with Crippen molar-refractivity contribution in [2.75, 3.05) is 82.3 Å². The Kier molecular flexibility index (Phi) is 61.1. The molecule has 0 saturated heterocycles. The van der Waals surface area contributed by atoms with Gasteiger partial charge in [-0.3, -0.25) is 48.5 Å². The van der Waals surface area contributed by atoms with Gasteiger partial charge in [-0.2, -0.15) is 10.5 Å². The average Bonchev–Trinajstić information content (AvgIpc) is 0.799. The van der Waals surface area contributed by atoms with Gasteiger partial charge in [0, 0.05) is 40.0 Å². The molecule has 12 N–H and O–H groups in total. The molecule has 6 rings (SSSR count). The first-order valence-corrected chi connectivity index (χ1v) is 41.7. The summed E-state index contributed by atoms with van der Waals surface area (Å²) >= 11 is 0. The van der Waals surface area contributed by atoms with E-state index in [1.807, 2.05) is 140 Å². The number of carbonyl (C=O) groups is 10. The van der Waals surface area contributed by atoms with Crippen LogP contribution in [0, 0.1) is 40.1 Å². The van der Waals surface area contributed by atoms with Crippen molar-refractivity contribution in [2.45, 2.75) is 214 Å². The lowest BCUT2D eigenvalue weighted by molar-refractivity contribution is -0.163. The number of hydrogen-bond acceptors (Lipinski definition) is 28. The van der Waals surface area contributed by atoms with Crippen molar-refractivity contribution < 1.29 is 137 Å². The Labute approximate surface area is 762 Å². The number of methoxy groups -OCH3 is 6. The second-order valence-corrected chi connectivity index (χ2v) is 29.4. The highest BCUT2D eigenvalue weighted by atomic mass is 16.5. The third kappa shape index (κ3) is 45.8. The summed E-state index contributed by atoms with van der Waals surface area (Å²) < 4.78 is 44.1. The van der Waals surface area contributed by atoms with E-state index in [1.165, 1.54) is 34.8 Å². The van der Waals surface area contributed by atoms with Crippen molar-refractivity contribution in [3.05, 3.63) is 190 Å². The molecule has 0 spiro atoms. The summed E-state index contributed by atoms with van der Waals surface area (Å²) in [6.07, 6.45) is 5.65. The van der Waals surface area contributed by atoms with Crippen molar-refractivity contribution in [2.24, 2.45) is 10.8 Å². The number of benzene rings is 6. The number of amides is 3. The maximum absolute atomic E-state index is 12.5. The van der Waals surface area contributed by atoms with Crippen LogP contribution in [-0.2, 0) is 105 Å². The molecule has 130 heavy (non-hydrogen) atoms. The van der Waals surface area contributed by atoms with Crippen LogP contribution in [0.4, 0.5) is 0 Å². The highest BCUT2D eigenvalue weighted by Gasteiger charge is 2.49. The van der Waals surface area contributed by atoms with Gasteiger partial charge in [-0.1, -0.05) is 80.2 Å². The fraction of sp³-hybridized carbons (Fsp3) is 0.490. The average molecular weight is 1820 g/mol. The van der Waals surface area contributed by atoms with E-state index in [4.69, 9.17) is 60.2 Å². The fourth-order valence-electron chi connectivity index (χ4n) is 11.7. The number of carboxylic acids is 2. The SMILES string of the molecule is C.CCOC(=O)C(C#N)(NC(C)=O)C(=O)CCCc1ccc(OC)cc1.CCOC(=O)CCCc1ccc(O)cc1.COC(=O)C(C)(CO)C(O)CCCc1ccc(OC)cc1.COc1ccc(CCCC(=O)O)cc1.COc1ccc(CCCC(O)C(C#N)(CO)NC(C)=O)cc1.COc1ccc(CCCC(O)C(C)(CO)C(=O)O)cc1.[C-]#[N+]C(NC(C)=O)C(=O)OCC. The van der Waals surface area contributed by atoms with E-state index in [1.54, 1.807) is 74.5 Å². The number of carboxylic acid groups (broad SMARTS) is 2. The molecular formula is C96H134N6O28. The minimum atomic E-state index is -2.29. The van der Waals surface area contributed by atoms with Gasteiger partial charge in [-0.05, 0) is 237 Å². The number of aromatic hydroxyl groups is 1. The number of nitrogens with one attached hydrogen (secondary N) is 3. The molecule has 6 aromatic rings. The number of aryl methyl sites for hydroxylation is 6. The molecule has 0 aliphatic carbocycles. The Bertz CT molecular complexity index is 4420. The Morgan fingerprint density at radius 1 is 0.431 bits per heavy atom. The number of ether oxygens (including phenoxy) is 9. The lowest BCUT2D eigenvalue weighted by atomic mass is 9.82. The third-order valence-electron chi connectivity index (χ3n) is 19.6. The van der Waals surface area contributed by atoms with Gasteiger partial charge in [0.25, 0.3) is 5.54 Å². The van der Waals surface area contributed by atoms with Crippen molar-refractivity contribution in [3.63, 3.8) is 0 Å². The summed E-state index contributed by atoms with van der Waals surface area (Å²) in [6, 6.07) is 48.4. The molecule has 34 heteroatoms. The number of nitriles is 2. The smallest absolute Gasteiger partial charge is 0.413 e. The lowest BCUT2D eigenvalue weighted by Gasteiger charge is -2.30. The summed E-state index contributed by atoms with van der Waals surface area (Å²) in [6.45, 7) is 17.0. The lowest BCUT2D eigenvalue weighted by Crippen LogP contribution is -2.59. The van der Waals surface area contributed by atoms with E-state index in [9.17, 15) is 84.0 Å². The van der Waals surface area contributed by atoms with Crippen LogP contribution in [0.25, 0.3) is 4.85 Å². The summed E-state index contributed by atoms with van der Waals surface area (Å²) in [5.74, 6) is -2.47. The summed E-state index contributed by atoms with van der Waals surface area (Å²) in [5, 5.41) is 110. The molecule has 0 heterocycles. The van der Waals surface area contributed by atoms with Crippen molar-refractivity contribution in [1.82, 2.24) is 16.0 Å². The maximum Gasteiger partial charge on any atom is 0.413 e. The molecule has 0 aliphatic heterocycles. The van der Waals surface area contributed by atoms with E-state index in [2.05, 4.69) is 30.3 Å². The van der Waals surface area contributed by atoms with Crippen LogP contribution in [0.15, 0.2) is 146 Å². The molecule has 0 aliphatic rings. The number of ketones is 1. The summed E-state index contributed by atoms with van der Waals surface area (Å²) in [5.41, 5.74) is -0.136. The predicted octanol–water partition coefficient (Wildman–Crippen LogP) is 10.3. The quantitative estimate of drug-likeness (QED) is 0.00731. The van der Waals surface area contributed by atoms with Crippen LogP contribution >= 0.6 is 0 Å². The number of phenols is 1. The first kappa shape index (κ1) is 119. The number of aliphatic hydroxyl groups is 6. The normalized spacial score (nSPS) is 12.9. The molecule has 34 nitrogen and oxygen atoms in total.